The first kappa shape index (κ1) is 15.6. The van der Waals surface area contributed by atoms with Crippen molar-refractivity contribution in [3.05, 3.63) is 36.0 Å². The Morgan fingerprint density at radius 2 is 2.05 bits per heavy atom. The molecule has 2 aromatic rings. The molecule has 2 rings (SSSR count). The third kappa shape index (κ3) is 4.35. The Balaban J connectivity index is 1.84. The van der Waals surface area contributed by atoms with E-state index in [4.69, 9.17) is 0 Å². The molecule has 1 heterocycles. The summed E-state index contributed by atoms with van der Waals surface area (Å²) in [7, 11) is 0. The van der Waals surface area contributed by atoms with Crippen LogP contribution in [-0.2, 0) is 11.2 Å². The highest BCUT2D eigenvalue weighted by molar-refractivity contribution is 5.84. The average molecular weight is 286 g/mol. The van der Waals surface area contributed by atoms with Crippen LogP contribution in [0.2, 0.25) is 0 Å². The molecule has 1 amide bonds. The number of benzene rings is 1. The van der Waals surface area contributed by atoms with Crippen molar-refractivity contribution < 1.29 is 4.79 Å². The zero-order valence-corrected chi connectivity index (χ0v) is 13.3. The van der Waals surface area contributed by atoms with E-state index in [-0.39, 0.29) is 11.9 Å². The van der Waals surface area contributed by atoms with Crippen molar-refractivity contribution in [1.82, 2.24) is 10.3 Å². The Morgan fingerprint density at radius 3 is 2.81 bits per heavy atom. The summed E-state index contributed by atoms with van der Waals surface area (Å²) in [5, 5.41) is 4.33. The molecule has 0 saturated carbocycles. The van der Waals surface area contributed by atoms with Crippen LogP contribution >= 0.6 is 0 Å². The van der Waals surface area contributed by atoms with Gasteiger partial charge in [-0.15, -0.1) is 0 Å². The number of carbonyl (C=O) groups excluding carboxylic acids is 1. The molecule has 0 aliphatic carbocycles. The standard InChI is InChI=1S/C18H26N2O/c1-4-13(2)11-14(3)20-18(21)10-9-15-12-19-17-8-6-5-7-16(15)17/h5-8,12-14,19H,4,9-11H2,1-3H3,(H,20,21). The van der Waals surface area contributed by atoms with Gasteiger partial charge in [0.15, 0.2) is 0 Å². The molecule has 1 aromatic heterocycles. The number of aromatic nitrogens is 1. The van der Waals surface area contributed by atoms with Gasteiger partial charge in [-0.2, -0.15) is 0 Å². The first-order valence-corrected chi connectivity index (χ1v) is 7.94. The Bertz CT molecular complexity index is 588. The average Bonchev–Trinajstić information content (AvgIpc) is 2.88. The van der Waals surface area contributed by atoms with Gasteiger partial charge in [0.25, 0.3) is 0 Å². The third-order valence-electron chi connectivity index (χ3n) is 4.16. The summed E-state index contributed by atoms with van der Waals surface area (Å²) in [5.41, 5.74) is 2.35. The van der Waals surface area contributed by atoms with Crippen LogP contribution in [0.15, 0.2) is 30.5 Å². The molecule has 3 heteroatoms. The van der Waals surface area contributed by atoms with Gasteiger partial charge in [-0.3, -0.25) is 4.79 Å². The minimum absolute atomic E-state index is 0.149. The van der Waals surface area contributed by atoms with Gasteiger partial charge >= 0.3 is 0 Å². The second-order valence-electron chi connectivity index (χ2n) is 6.08. The molecule has 0 fully saturated rings. The van der Waals surface area contributed by atoms with Gasteiger partial charge in [0, 0.05) is 29.6 Å². The monoisotopic (exact) mass is 286 g/mol. The summed E-state index contributed by atoms with van der Waals surface area (Å²) in [5.74, 6) is 0.810. The van der Waals surface area contributed by atoms with Crippen molar-refractivity contribution in [3.63, 3.8) is 0 Å². The fourth-order valence-corrected chi connectivity index (χ4v) is 2.76. The Kier molecular flexibility index (Phi) is 5.43. The molecule has 3 nitrogen and oxygen atoms in total. The lowest BCUT2D eigenvalue weighted by Crippen LogP contribution is -2.33. The van der Waals surface area contributed by atoms with Crippen LogP contribution in [0.1, 0.15) is 45.6 Å². The minimum atomic E-state index is 0.149. The van der Waals surface area contributed by atoms with Gasteiger partial charge in [0.2, 0.25) is 5.91 Å². The van der Waals surface area contributed by atoms with Crippen molar-refractivity contribution in [1.29, 1.82) is 0 Å². The number of H-pyrrole nitrogens is 1. The number of hydrogen-bond donors (Lipinski definition) is 2. The molecular formula is C18H26N2O. The van der Waals surface area contributed by atoms with E-state index in [2.05, 4.69) is 43.2 Å². The van der Waals surface area contributed by atoms with Crippen LogP contribution in [-0.4, -0.2) is 16.9 Å². The number of aromatic amines is 1. The lowest BCUT2D eigenvalue weighted by atomic mass is 10.00. The summed E-state index contributed by atoms with van der Waals surface area (Å²) in [6.07, 6.45) is 5.56. The second-order valence-corrected chi connectivity index (χ2v) is 6.08. The smallest absolute Gasteiger partial charge is 0.220 e. The van der Waals surface area contributed by atoms with E-state index in [1.165, 1.54) is 10.9 Å². The topological polar surface area (TPSA) is 44.9 Å². The van der Waals surface area contributed by atoms with Crippen LogP contribution in [0.5, 0.6) is 0 Å². The quantitative estimate of drug-likeness (QED) is 0.792. The minimum Gasteiger partial charge on any atom is -0.361 e. The van der Waals surface area contributed by atoms with E-state index in [1.54, 1.807) is 0 Å². The lowest BCUT2D eigenvalue weighted by molar-refractivity contribution is -0.121. The highest BCUT2D eigenvalue weighted by Crippen LogP contribution is 2.19. The molecule has 0 aliphatic heterocycles. The number of carbonyl (C=O) groups is 1. The van der Waals surface area contributed by atoms with Crippen LogP contribution in [0.25, 0.3) is 10.9 Å². The molecule has 0 radical (unpaired) electrons. The van der Waals surface area contributed by atoms with E-state index in [9.17, 15) is 4.79 Å². The molecular weight excluding hydrogens is 260 g/mol. The van der Waals surface area contributed by atoms with Gasteiger partial charge in [-0.25, -0.2) is 0 Å². The highest BCUT2D eigenvalue weighted by atomic mass is 16.1. The number of nitrogens with one attached hydrogen (secondary N) is 2. The number of hydrogen-bond acceptors (Lipinski definition) is 1. The fraction of sp³-hybridized carbons (Fsp3) is 0.500. The molecule has 0 spiro atoms. The molecule has 2 N–H and O–H groups in total. The highest BCUT2D eigenvalue weighted by Gasteiger charge is 2.11. The molecule has 2 atom stereocenters. The van der Waals surface area contributed by atoms with Crippen molar-refractivity contribution in [3.8, 4) is 0 Å². The van der Waals surface area contributed by atoms with Crippen molar-refractivity contribution in [2.24, 2.45) is 5.92 Å². The zero-order valence-electron chi connectivity index (χ0n) is 13.3. The maximum atomic E-state index is 12.0. The number of fused-ring (bicyclic) bond motifs is 1. The number of amides is 1. The van der Waals surface area contributed by atoms with Crippen LogP contribution < -0.4 is 5.32 Å². The van der Waals surface area contributed by atoms with E-state index in [0.29, 0.717) is 12.3 Å². The summed E-state index contributed by atoms with van der Waals surface area (Å²) in [4.78, 5) is 15.3. The van der Waals surface area contributed by atoms with Crippen LogP contribution in [0.4, 0.5) is 0 Å². The van der Waals surface area contributed by atoms with E-state index < -0.39 is 0 Å². The molecule has 0 aliphatic rings. The van der Waals surface area contributed by atoms with Gasteiger partial charge < -0.3 is 10.3 Å². The molecule has 0 saturated heterocycles. The van der Waals surface area contributed by atoms with Gasteiger partial charge in [-0.1, -0.05) is 38.5 Å². The van der Waals surface area contributed by atoms with Crippen molar-refractivity contribution in [2.45, 2.75) is 52.5 Å². The number of aryl methyl sites for hydroxylation is 1. The maximum Gasteiger partial charge on any atom is 0.220 e. The second kappa shape index (κ2) is 7.30. The first-order chi connectivity index (χ1) is 10.1. The Labute approximate surface area is 127 Å². The van der Waals surface area contributed by atoms with Crippen molar-refractivity contribution >= 4 is 16.8 Å². The van der Waals surface area contributed by atoms with Crippen LogP contribution in [0.3, 0.4) is 0 Å². The van der Waals surface area contributed by atoms with Crippen molar-refractivity contribution in [2.75, 3.05) is 0 Å². The Morgan fingerprint density at radius 1 is 1.29 bits per heavy atom. The SMILES string of the molecule is CCC(C)CC(C)NC(=O)CCc1c[nH]c2ccccc12. The van der Waals surface area contributed by atoms with Gasteiger partial charge in [0.1, 0.15) is 0 Å². The maximum absolute atomic E-state index is 12.0. The van der Waals surface area contributed by atoms with Crippen LogP contribution in [0, 0.1) is 5.92 Å². The van der Waals surface area contributed by atoms with Gasteiger partial charge in [0.05, 0.1) is 0 Å². The van der Waals surface area contributed by atoms with E-state index in [0.717, 1.165) is 24.8 Å². The number of para-hydroxylation sites is 1. The van der Waals surface area contributed by atoms with E-state index >= 15 is 0 Å². The molecule has 21 heavy (non-hydrogen) atoms. The Hall–Kier alpha value is -1.77. The number of rotatable bonds is 7. The first-order valence-electron chi connectivity index (χ1n) is 7.94. The predicted molar refractivity (Wildman–Crippen MR) is 88.3 cm³/mol. The molecule has 1 aromatic carbocycles. The summed E-state index contributed by atoms with van der Waals surface area (Å²) in [6.45, 7) is 6.51. The summed E-state index contributed by atoms with van der Waals surface area (Å²) in [6, 6.07) is 8.48. The summed E-state index contributed by atoms with van der Waals surface area (Å²) < 4.78 is 0. The lowest BCUT2D eigenvalue weighted by Gasteiger charge is -2.17. The third-order valence-corrected chi connectivity index (χ3v) is 4.16. The molecule has 114 valence electrons. The zero-order chi connectivity index (χ0) is 15.2. The largest absolute Gasteiger partial charge is 0.361 e. The van der Waals surface area contributed by atoms with Gasteiger partial charge in [-0.05, 0) is 37.3 Å². The predicted octanol–water partition coefficient (Wildman–Crippen LogP) is 4.04. The fourth-order valence-electron chi connectivity index (χ4n) is 2.76. The molecule has 0 bridgehead atoms. The normalized spacial score (nSPS) is 14.0. The molecule has 2 unspecified atom stereocenters. The van der Waals surface area contributed by atoms with E-state index in [1.807, 2.05) is 18.3 Å². The summed E-state index contributed by atoms with van der Waals surface area (Å²) >= 11 is 0.